The summed E-state index contributed by atoms with van der Waals surface area (Å²) in [7, 11) is -3.63. The number of amides is 1. The number of hydrogen-bond donors (Lipinski definition) is 0. The van der Waals surface area contributed by atoms with E-state index < -0.39 is 15.9 Å². The van der Waals surface area contributed by atoms with Crippen LogP contribution in [0.4, 0.5) is 0 Å². The van der Waals surface area contributed by atoms with Crippen molar-refractivity contribution in [3.8, 4) is 0 Å². The molecule has 0 fully saturated rings. The van der Waals surface area contributed by atoms with Crippen LogP contribution in [-0.2, 0) is 15.4 Å². The third kappa shape index (κ3) is 3.84. The smallest absolute Gasteiger partial charge is 0.266 e. The zero-order chi connectivity index (χ0) is 14.0. The van der Waals surface area contributed by atoms with Gasteiger partial charge in [0.05, 0.1) is 5.75 Å². The van der Waals surface area contributed by atoms with E-state index in [-0.39, 0.29) is 11.2 Å². The fourth-order valence-corrected chi connectivity index (χ4v) is 1.84. The highest BCUT2D eigenvalue weighted by Crippen LogP contribution is 2.22. The predicted octanol–water partition coefficient (Wildman–Crippen LogP) is 2.08. The van der Waals surface area contributed by atoms with Gasteiger partial charge < -0.3 is 0 Å². The summed E-state index contributed by atoms with van der Waals surface area (Å²) >= 11 is 0. The first kappa shape index (κ1) is 14.7. The Morgan fingerprint density at radius 2 is 1.67 bits per heavy atom. The first-order valence-corrected chi connectivity index (χ1v) is 7.37. The molecule has 0 unspecified atom stereocenters. The normalized spacial score (nSPS) is 12.2. The summed E-state index contributed by atoms with van der Waals surface area (Å²) in [5.41, 5.74) is 1.37. The van der Waals surface area contributed by atoms with Gasteiger partial charge in [-0.1, -0.05) is 32.9 Å². The van der Waals surface area contributed by atoms with Crippen LogP contribution >= 0.6 is 0 Å². The Labute approximate surface area is 108 Å². The van der Waals surface area contributed by atoms with E-state index in [1.54, 1.807) is 12.1 Å². The van der Waals surface area contributed by atoms with Crippen molar-refractivity contribution in [2.24, 2.45) is 0 Å². The lowest BCUT2D eigenvalue weighted by Gasteiger charge is -2.18. The number of rotatable bonds is 3. The van der Waals surface area contributed by atoms with Gasteiger partial charge in [-0.2, -0.15) is 0 Å². The largest absolute Gasteiger partial charge is 0.287 e. The van der Waals surface area contributed by atoms with E-state index in [1.165, 1.54) is 6.92 Å². The lowest BCUT2D eigenvalue weighted by Crippen LogP contribution is -2.24. The molecule has 4 nitrogen and oxygen atoms in total. The van der Waals surface area contributed by atoms with Crippen LogP contribution in [0.1, 0.15) is 43.6 Å². The van der Waals surface area contributed by atoms with Gasteiger partial charge >= 0.3 is 0 Å². The number of benzene rings is 1. The molecule has 0 N–H and O–H groups in total. The maximum Gasteiger partial charge on any atom is 0.287 e. The number of hydrogen-bond acceptors (Lipinski definition) is 3. The van der Waals surface area contributed by atoms with Crippen molar-refractivity contribution in [1.82, 2.24) is 4.72 Å². The number of carbonyl (C=O) groups is 1. The molecule has 0 spiro atoms. The van der Waals surface area contributed by atoms with Gasteiger partial charge in [0.25, 0.3) is 15.9 Å². The Bertz CT molecular complexity index is 524. The Morgan fingerprint density at radius 3 is 2.06 bits per heavy atom. The summed E-state index contributed by atoms with van der Waals surface area (Å²) in [6, 6.07) is 6.86. The Kier molecular flexibility index (Phi) is 4.16. The molecule has 18 heavy (non-hydrogen) atoms. The van der Waals surface area contributed by atoms with E-state index in [0.717, 1.165) is 5.56 Å². The maximum absolute atomic E-state index is 11.6. The van der Waals surface area contributed by atoms with Crippen LogP contribution in [0.2, 0.25) is 0 Å². The number of carbonyl (C=O) groups excluding carboxylic acids is 1. The van der Waals surface area contributed by atoms with Crippen molar-refractivity contribution in [2.45, 2.75) is 33.1 Å². The summed E-state index contributed by atoms with van der Waals surface area (Å²) in [6.07, 6.45) is 0. The highest BCUT2D eigenvalue weighted by molar-refractivity contribution is 7.89. The lowest BCUT2D eigenvalue weighted by atomic mass is 9.87. The van der Waals surface area contributed by atoms with Crippen molar-refractivity contribution < 1.29 is 13.2 Å². The summed E-state index contributed by atoms with van der Waals surface area (Å²) in [5.74, 6) is -0.879. The molecule has 1 rings (SSSR count). The van der Waals surface area contributed by atoms with Crippen LogP contribution in [-0.4, -0.2) is 20.1 Å². The van der Waals surface area contributed by atoms with Crippen molar-refractivity contribution in [3.05, 3.63) is 35.4 Å². The Morgan fingerprint density at radius 1 is 1.17 bits per heavy atom. The van der Waals surface area contributed by atoms with E-state index in [9.17, 15) is 13.2 Å². The predicted molar refractivity (Wildman–Crippen MR) is 71.1 cm³/mol. The summed E-state index contributed by atoms with van der Waals surface area (Å²) in [6.45, 7) is 7.65. The molecular weight excluding hydrogens is 250 g/mol. The highest BCUT2D eigenvalue weighted by atomic mass is 32.2. The van der Waals surface area contributed by atoms with Gasteiger partial charge in [0.15, 0.2) is 0 Å². The van der Waals surface area contributed by atoms with Crippen LogP contribution in [0.5, 0.6) is 0 Å². The molecule has 1 radical (unpaired) electrons. The second-order valence-corrected chi connectivity index (χ2v) is 7.02. The van der Waals surface area contributed by atoms with Gasteiger partial charge in [0, 0.05) is 5.56 Å². The molecule has 0 bridgehead atoms. The van der Waals surface area contributed by atoms with Gasteiger partial charge in [-0.15, -0.1) is 4.72 Å². The van der Waals surface area contributed by atoms with E-state index in [4.69, 9.17) is 0 Å². The first-order valence-electron chi connectivity index (χ1n) is 5.76. The number of sulfonamides is 1. The van der Waals surface area contributed by atoms with Crippen molar-refractivity contribution >= 4 is 15.9 Å². The molecule has 0 heterocycles. The molecular formula is C13H18NO3S. The monoisotopic (exact) mass is 268 g/mol. The fraction of sp³-hybridized carbons (Fsp3) is 0.462. The Hall–Kier alpha value is -1.36. The van der Waals surface area contributed by atoms with Gasteiger partial charge in [-0.3, -0.25) is 4.79 Å². The topological polar surface area (TPSA) is 65.3 Å². The molecule has 0 aliphatic heterocycles. The highest BCUT2D eigenvalue weighted by Gasteiger charge is 2.18. The molecule has 0 aliphatic carbocycles. The van der Waals surface area contributed by atoms with E-state index in [2.05, 4.69) is 25.5 Å². The van der Waals surface area contributed by atoms with Crippen LogP contribution in [0.25, 0.3) is 0 Å². The third-order valence-electron chi connectivity index (χ3n) is 2.58. The minimum absolute atomic E-state index is 0.00574. The third-order valence-corrected chi connectivity index (χ3v) is 3.76. The van der Waals surface area contributed by atoms with E-state index in [0.29, 0.717) is 5.56 Å². The maximum atomic E-state index is 11.6. The average Bonchev–Trinajstić information content (AvgIpc) is 2.27. The SMILES string of the molecule is CCS(=O)(=O)[N]C(=O)c1ccc(C(C)(C)C)cc1. The Balaban J connectivity index is 2.90. The van der Waals surface area contributed by atoms with Crippen LogP contribution in [0, 0.1) is 0 Å². The minimum Gasteiger partial charge on any atom is -0.266 e. The molecule has 5 heteroatoms. The second-order valence-electron chi connectivity index (χ2n) is 5.09. The minimum atomic E-state index is -3.63. The molecule has 0 aromatic heterocycles. The zero-order valence-corrected chi connectivity index (χ0v) is 11.9. The van der Waals surface area contributed by atoms with Crippen molar-refractivity contribution in [2.75, 3.05) is 5.75 Å². The van der Waals surface area contributed by atoms with Crippen molar-refractivity contribution in [1.29, 1.82) is 0 Å². The first-order chi connectivity index (χ1) is 8.15. The summed E-state index contributed by atoms with van der Waals surface area (Å²) in [5, 5.41) is 0. The van der Waals surface area contributed by atoms with Gasteiger partial charge in [-0.25, -0.2) is 8.42 Å². The molecule has 1 aromatic rings. The van der Waals surface area contributed by atoms with E-state index in [1.807, 2.05) is 12.1 Å². The average molecular weight is 268 g/mol. The number of nitrogens with zero attached hydrogens (tertiary/aromatic N) is 1. The molecule has 0 saturated carbocycles. The van der Waals surface area contributed by atoms with Crippen molar-refractivity contribution in [3.63, 3.8) is 0 Å². The molecule has 99 valence electrons. The zero-order valence-electron chi connectivity index (χ0n) is 11.1. The van der Waals surface area contributed by atoms with Crippen LogP contribution in [0.15, 0.2) is 24.3 Å². The summed E-state index contributed by atoms with van der Waals surface area (Å²) in [4.78, 5) is 11.6. The molecule has 0 saturated heterocycles. The quantitative estimate of drug-likeness (QED) is 0.843. The van der Waals surface area contributed by atoms with Crippen LogP contribution < -0.4 is 4.72 Å². The molecule has 0 aliphatic rings. The molecule has 0 atom stereocenters. The standard InChI is InChI=1S/C13H18NO3S/c1-5-18(16,17)14-12(15)10-6-8-11(9-7-10)13(2,3)4/h6-9H,5H2,1-4H3. The summed E-state index contributed by atoms with van der Waals surface area (Å²) < 4.78 is 25.7. The van der Waals surface area contributed by atoms with E-state index >= 15 is 0 Å². The second kappa shape index (κ2) is 5.10. The van der Waals surface area contributed by atoms with Crippen LogP contribution in [0.3, 0.4) is 0 Å². The van der Waals surface area contributed by atoms with Gasteiger partial charge in [0.1, 0.15) is 0 Å². The molecule has 1 aromatic carbocycles. The van der Waals surface area contributed by atoms with Gasteiger partial charge in [0.2, 0.25) is 0 Å². The fourth-order valence-electron chi connectivity index (χ4n) is 1.36. The van der Waals surface area contributed by atoms with Gasteiger partial charge in [-0.05, 0) is 30.0 Å². The molecule has 1 amide bonds. The lowest BCUT2D eigenvalue weighted by molar-refractivity contribution is 0.0978.